The zero-order chi connectivity index (χ0) is 13.8. The number of halogens is 2. The molecule has 0 atom stereocenters. The molecule has 0 N–H and O–H groups in total. The van der Waals surface area contributed by atoms with Gasteiger partial charge in [-0.05, 0) is 24.3 Å². The van der Waals surface area contributed by atoms with E-state index in [1.165, 1.54) is 31.4 Å². The minimum absolute atomic E-state index is 0.0427. The van der Waals surface area contributed by atoms with Gasteiger partial charge in [-0.2, -0.15) is 5.26 Å². The van der Waals surface area contributed by atoms with Crippen LogP contribution in [0.5, 0.6) is 17.2 Å². The summed E-state index contributed by atoms with van der Waals surface area (Å²) in [6.45, 7) is 0. The number of benzene rings is 2. The van der Waals surface area contributed by atoms with Gasteiger partial charge in [-0.25, -0.2) is 4.39 Å². The molecule has 0 aliphatic carbocycles. The van der Waals surface area contributed by atoms with Crippen LogP contribution < -0.4 is 9.47 Å². The molecule has 0 aliphatic rings. The van der Waals surface area contributed by atoms with Crippen LogP contribution in [-0.4, -0.2) is 7.11 Å². The number of hydrogen-bond acceptors (Lipinski definition) is 3. The highest BCUT2D eigenvalue weighted by molar-refractivity contribution is 6.30. The lowest BCUT2D eigenvalue weighted by atomic mass is 10.2. The van der Waals surface area contributed by atoms with E-state index in [0.717, 1.165) is 0 Å². The van der Waals surface area contributed by atoms with E-state index >= 15 is 0 Å². The summed E-state index contributed by atoms with van der Waals surface area (Å²) in [6, 6.07) is 11.1. The van der Waals surface area contributed by atoms with E-state index in [1.54, 1.807) is 12.1 Å². The summed E-state index contributed by atoms with van der Waals surface area (Å²) in [5.74, 6) is 0.00702. The van der Waals surface area contributed by atoms with Crippen LogP contribution >= 0.6 is 11.6 Å². The van der Waals surface area contributed by atoms with Gasteiger partial charge in [0.05, 0.1) is 17.7 Å². The molecule has 0 saturated heterocycles. The summed E-state index contributed by atoms with van der Waals surface area (Å²) in [6.07, 6.45) is 0. The number of ether oxygens (including phenoxy) is 2. The maximum atomic E-state index is 13.7. The van der Waals surface area contributed by atoms with Gasteiger partial charge in [0, 0.05) is 6.07 Å². The molecule has 0 fully saturated rings. The van der Waals surface area contributed by atoms with Crippen molar-refractivity contribution in [3.63, 3.8) is 0 Å². The van der Waals surface area contributed by atoms with Crippen molar-refractivity contribution in [3.05, 3.63) is 52.8 Å². The van der Waals surface area contributed by atoms with Crippen molar-refractivity contribution in [2.24, 2.45) is 0 Å². The molecule has 0 aromatic heterocycles. The Balaban J connectivity index is 2.42. The molecule has 5 heteroatoms. The summed E-state index contributed by atoms with van der Waals surface area (Å²) in [4.78, 5) is 0. The Morgan fingerprint density at radius 1 is 1.21 bits per heavy atom. The molecule has 2 rings (SSSR count). The molecule has 19 heavy (non-hydrogen) atoms. The normalized spacial score (nSPS) is 9.79. The number of nitriles is 1. The molecule has 3 nitrogen and oxygen atoms in total. The van der Waals surface area contributed by atoms with Gasteiger partial charge in [0.25, 0.3) is 0 Å². The monoisotopic (exact) mass is 277 g/mol. The van der Waals surface area contributed by atoms with Gasteiger partial charge >= 0.3 is 0 Å². The van der Waals surface area contributed by atoms with Crippen LogP contribution in [0.2, 0.25) is 5.02 Å². The maximum absolute atomic E-state index is 13.7. The summed E-state index contributed by atoms with van der Waals surface area (Å²) < 4.78 is 24.2. The SMILES string of the molecule is COc1ccc(C#N)c(Oc2cccc(Cl)c2F)c1. The third-order valence-electron chi connectivity index (χ3n) is 2.45. The van der Waals surface area contributed by atoms with Crippen LogP contribution in [0.3, 0.4) is 0 Å². The first-order valence-corrected chi connectivity index (χ1v) is 5.73. The van der Waals surface area contributed by atoms with Crippen molar-refractivity contribution in [3.8, 4) is 23.3 Å². The van der Waals surface area contributed by atoms with E-state index in [4.69, 9.17) is 26.3 Å². The summed E-state index contributed by atoms with van der Waals surface area (Å²) in [5, 5.41) is 8.95. The fraction of sp³-hybridized carbons (Fsp3) is 0.0714. The molecule has 96 valence electrons. The molecule has 0 heterocycles. The van der Waals surface area contributed by atoms with Crippen LogP contribution in [0.25, 0.3) is 0 Å². The Kier molecular flexibility index (Phi) is 3.88. The quantitative estimate of drug-likeness (QED) is 0.846. The molecule has 0 amide bonds. The van der Waals surface area contributed by atoms with Gasteiger partial charge in [0.15, 0.2) is 11.6 Å². The number of methoxy groups -OCH3 is 1. The van der Waals surface area contributed by atoms with Crippen molar-refractivity contribution in [1.29, 1.82) is 5.26 Å². The standard InChI is InChI=1S/C14H9ClFNO2/c1-18-10-6-5-9(8-17)13(7-10)19-12-4-2-3-11(15)14(12)16/h2-7H,1H3. The molecule has 2 aromatic rings. The predicted octanol–water partition coefficient (Wildman–Crippen LogP) is 4.15. The molecular weight excluding hydrogens is 269 g/mol. The topological polar surface area (TPSA) is 42.2 Å². The van der Waals surface area contributed by atoms with Crippen molar-refractivity contribution in [2.45, 2.75) is 0 Å². The third-order valence-corrected chi connectivity index (χ3v) is 2.74. The van der Waals surface area contributed by atoms with Crippen molar-refractivity contribution in [2.75, 3.05) is 7.11 Å². The first kappa shape index (κ1) is 13.2. The second-order valence-corrected chi connectivity index (χ2v) is 4.04. The minimum atomic E-state index is -0.670. The van der Waals surface area contributed by atoms with Gasteiger partial charge in [-0.15, -0.1) is 0 Å². The van der Waals surface area contributed by atoms with Gasteiger partial charge in [0.1, 0.15) is 17.6 Å². The molecule has 0 spiro atoms. The number of nitrogens with zero attached hydrogens (tertiary/aromatic N) is 1. The fourth-order valence-corrected chi connectivity index (χ4v) is 1.65. The van der Waals surface area contributed by atoms with Gasteiger partial charge in [-0.3, -0.25) is 0 Å². The molecule has 0 radical (unpaired) electrons. The first-order chi connectivity index (χ1) is 9.15. The van der Waals surface area contributed by atoms with Crippen LogP contribution in [-0.2, 0) is 0 Å². The Bertz CT molecular complexity index is 652. The van der Waals surface area contributed by atoms with Crippen LogP contribution in [0.1, 0.15) is 5.56 Å². The molecule has 0 unspecified atom stereocenters. The van der Waals surface area contributed by atoms with E-state index in [1.807, 2.05) is 6.07 Å². The lowest BCUT2D eigenvalue weighted by Gasteiger charge is -2.10. The smallest absolute Gasteiger partial charge is 0.184 e. The van der Waals surface area contributed by atoms with E-state index in [0.29, 0.717) is 5.75 Å². The van der Waals surface area contributed by atoms with Gasteiger partial charge in [-0.1, -0.05) is 17.7 Å². The second kappa shape index (κ2) is 5.59. The van der Waals surface area contributed by atoms with Gasteiger partial charge < -0.3 is 9.47 Å². The van der Waals surface area contributed by atoms with Crippen LogP contribution in [0, 0.1) is 17.1 Å². The zero-order valence-corrected chi connectivity index (χ0v) is 10.7. The first-order valence-electron chi connectivity index (χ1n) is 5.35. The largest absolute Gasteiger partial charge is 0.497 e. The molecule has 0 saturated carbocycles. The van der Waals surface area contributed by atoms with Crippen LogP contribution in [0.4, 0.5) is 4.39 Å². The fourth-order valence-electron chi connectivity index (χ4n) is 1.49. The highest BCUT2D eigenvalue weighted by atomic mass is 35.5. The Hall–Kier alpha value is -2.25. The summed E-state index contributed by atoms with van der Waals surface area (Å²) in [7, 11) is 1.49. The summed E-state index contributed by atoms with van der Waals surface area (Å²) >= 11 is 5.67. The van der Waals surface area contributed by atoms with E-state index in [2.05, 4.69) is 0 Å². The van der Waals surface area contributed by atoms with Crippen molar-refractivity contribution < 1.29 is 13.9 Å². The Morgan fingerprint density at radius 3 is 2.68 bits per heavy atom. The lowest BCUT2D eigenvalue weighted by molar-refractivity contribution is 0.405. The van der Waals surface area contributed by atoms with E-state index < -0.39 is 5.82 Å². The maximum Gasteiger partial charge on any atom is 0.184 e. The zero-order valence-electron chi connectivity index (χ0n) is 9.98. The molecule has 0 bridgehead atoms. The molecule has 2 aromatic carbocycles. The lowest BCUT2D eigenvalue weighted by Crippen LogP contribution is -1.93. The molecule has 0 aliphatic heterocycles. The summed E-state index contributed by atoms with van der Waals surface area (Å²) in [5.41, 5.74) is 0.278. The average Bonchev–Trinajstić information content (AvgIpc) is 2.43. The third kappa shape index (κ3) is 2.78. The average molecular weight is 278 g/mol. The Morgan fingerprint density at radius 2 is 2.00 bits per heavy atom. The van der Waals surface area contributed by atoms with Crippen molar-refractivity contribution >= 4 is 11.6 Å². The van der Waals surface area contributed by atoms with Gasteiger partial charge in [0.2, 0.25) is 0 Å². The minimum Gasteiger partial charge on any atom is -0.497 e. The van der Waals surface area contributed by atoms with Crippen LogP contribution in [0.15, 0.2) is 36.4 Å². The predicted molar refractivity (Wildman–Crippen MR) is 69.2 cm³/mol. The molecular formula is C14H9ClFNO2. The Labute approximate surface area is 114 Å². The number of hydrogen-bond donors (Lipinski definition) is 0. The van der Waals surface area contributed by atoms with Crippen molar-refractivity contribution in [1.82, 2.24) is 0 Å². The second-order valence-electron chi connectivity index (χ2n) is 3.63. The number of rotatable bonds is 3. The highest BCUT2D eigenvalue weighted by Gasteiger charge is 2.12. The highest BCUT2D eigenvalue weighted by Crippen LogP contribution is 2.32. The van der Waals surface area contributed by atoms with E-state index in [-0.39, 0.29) is 22.1 Å². The van der Waals surface area contributed by atoms with E-state index in [9.17, 15) is 4.39 Å².